The Morgan fingerprint density at radius 2 is 1.33 bits per heavy atom. The molecule has 0 fully saturated rings. The van der Waals surface area contributed by atoms with E-state index in [2.05, 4.69) is 72.3 Å². The zero-order chi connectivity index (χ0) is 23.2. The van der Waals surface area contributed by atoms with E-state index in [-0.39, 0.29) is 11.9 Å². The molecule has 4 rings (SSSR count). The van der Waals surface area contributed by atoms with Crippen molar-refractivity contribution in [2.75, 3.05) is 7.05 Å². The van der Waals surface area contributed by atoms with Gasteiger partial charge in [0.2, 0.25) is 0 Å². The van der Waals surface area contributed by atoms with E-state index < -0.39 is 0 Å². The second-order valence-electron chi connectivity index (χ2n) is 8.62. The molecular formula is C29H29N3O. The number of amides is 1. The average molecular weight is 436 g/mol. The summed E-state index contributed by atoms with van der Waals surface area (Å²) in [5.41, 5.74) is 7.32. The van der Waals surface area contributed by atoms with Crippen molar-refractivity contribution < 1.29 is 4.79 Å². The zero-order valence-electron chi connectivity index (χ0n) is 19.4. The number of carbonyl (C=O) groups is 1. The molecule has 2 heterocycles. The van der Waals surface area contributed by atoms with Crippen LogP contribution in [0.2, 0.25) is 0 Å². The molecular weight excluding hydrogens is 406 g/mol. The zero-order valence-corrected chi connectivity index (χ0v) is 19.4. The van der Waals surface area contributed by atoms with Crippen LogP contribution in [0.3, 0.4) is 0 Å². The molecule has 4 heteroatoms. The van der Waals surface area contributed by atoms with Crippen LogP contribution in [0.15, 0.2) is 91.4 Å². The lowest BCUT2D eigenvalue weighted by molar-refractivity contribution is 0.0730. The molecule has 0 aliphatic carbocycles. The van der Waals surface area contributed by atoms with Crippen molar-refractivity contribution >= 4 is 5.91 Å². The van der Waals surface area contributed by atoms with Crippen LogP contribution < -0.4 is 0 Å². The average Bonchev–Trinajstić information content (AvgIpc) is 2.86. The molecule has 0 spiro atoms. The monoisotopic (exact) mass is 435 g/mol. The highest BCUT2D eigenvalue weighted by atomic mass is 16.2. The lowest BCUT2D eigenvalue weighted by Gasteiger charge is -2.29. The van der Waals surface area contributed by atoms with Crippen LogP contribution >= 0.6 is 0 Å². The van der Waals surface area contributed by atoms with Gasteiger partial charge in [-0.15, -0.1) is 0 Å². The molecule has 0 saturated heterocycles. The SMILES string of the molecule is Cc1ccc(CC(Cc2ccc(C)cc2)N(C)C(=O)c2ccc(-c3ccncc3)nc2)cc1. The Morgan fingerprint density at radius 1 is 0.788 bits per heavy atom. The Balaban J connectivity index is 1.56. The molecule has 4 nitrogen and oxygen atoms in total. The molecule has 0 radical (unpaired) electrons. The van der Waals surface area contributed by atoms with Crippen molar-refractivity contribution in [2.45, 2.75) is 32.7 Å². The van der Waals surface area contributed by atoms with Crippen LogP contribution in [-0.2, 0) is 12.8 Å². The fourth-order valence-electron chi connectivity index (χ4n) is 3.92. The van der Waals surface area contributed by atoms with E-state index in [9.17, 15) is 4.79 Å². The molecule has 4 aromatic rings. The van der Waals surface area contributed by atoms with Gasteiger partial charge in [0.05, 0.1) is 11.3 Å². The second-order valence-corrected chi connectivity index (χ2v) is 8.62. The number of benzene rings is 2. The van der Waals surface area contributed by atoms with Gasteiger partial charge in [-0.3, -0.25) is 14.8 Å². The highest BCUT2D eigenvalue weighted by molar-refractivity contribution is 5.94. The van der Waals surface area contributed by atoms with Crippen molar-refractivity contribution in [3.05, 3.63) is 119 Å². The number of aryl methyl sites for hydroxylation is 2. The molecule has 166 valence electrons. The molecule has 0 atom stereocenters. The minimum atomic E-state index is -0.0204. The number of nitrogens with zero attached hydrogens (tertiary/aromatic N) is 3. The number of aromatic nitrogens is 2. The number of pyridine rings is 2. The predicted molar refractivity (Wildman–Crippen MR) is 133 cm³/mol. The van der Waals surface area contributed by atoms with Gasteiger partial charge in [-0.25, -0.2) is 0 Å². The maximum Gasteiger partial charge on any atom is 0.255 e. The van der Waals surface area contributed by atoms with Crippen LogP contribution in [0.25, 0.3) is 11.3 Å². The maximum atomic E-state index is 13.4. The second kappa shape index (κ2) is 10.2. The number of hydrogen-bond acceptors (Lipinski definition) is 3. The van der Waals surface area contributed by atoms with Gasteiger partial charge < -0.3 is 4.90 Å². The normalized spacial score (nSPS) is 10.9. The van der Waals surface area contributed by atoms with Crippen molar-refractivity contribution in [1.82, 2.24) is 14.9 Å². The Bertz CT molecular complexity index is 1140. The first kappa shape index (κ1) is 22.4. The van der Waals surface area contributed by atoms with Gasteiger partial charge in [-0.1, -0.05) is 59.7 Å². The summed E-state index contributed by atoms with van der Waals surface area (Å²) in [6.45, 7) is 4.18. The maximum absolute atomic E-state index is 13.4. The minimum Gasteiger partial charge on any atom is -0.338 e. The summed E-state index contributed by atoms with van der Waals surface area (Å²) >= 11 is 0. The molecule has 0 N–H and O–H groups in total. The van der Waals surface area contributed by atoms with Gasteiger partial charge >= 0.3 is 0 Å². The third kappa shape index (κ3) is 5.72. The van der Waals surface area contributed by atoms with Crippen molar-refractivity contribution in [3.63, 3.8) is 0 Å². The molecule has 0 aliphatic heterocycles. The lowest BCUT2D eigenvalue weighted by Crippen LogP contribution is -2.40. The van der Waals surface area contributed by atoms with E-state index in [1.54, 1.807) is 18.6 Å². The molecule has 0 aliphatic rings. The van der Waals surface area contributed by atoms with Crippen molar-refractivity contribution in [1.29, 1.82) is 0 Å². The molecule has 1 amide bonds. The lowest BCUT2D eigenvalue weighted by atomic mass is 9.96. The van der Waals surface area contributed by atoms with Gasteiger partial charge in [0, 0.05) is 37.2 Å². The molecule has 0 unspecified atom stereocenters. The summed E-state index contributed by atoms with van der Waals surface area (Å²) in [5.74, 6) is -0.0204. The fraction of sp³-hybridized carbons (Fsp3) is 0.207. The van der Waals surface area contributed by atoms with Crippen LogP contribution in [-0.4, -0.2) is 33.9 Å². The summed E-state index contributed by atoms with van der Waals surface area (Å²) in [6.07, 6.45) is 6.73. The Morgan fingerprint density at radius 3 is 1.82 bits per heavy atom. The third-order valence-electron chi connectivity index (χ3n) is 6.04. The summed E-state index contributed by atoms with van der Waals surface area (Å²) in [4.78, 5) is 23.8. The molecule has 0 bridgehead atoms. The molecule has 33 heavy (non-hydrogen) atoms. The quantitative estimate of drug-likeness (QED) is 0.375. The molecule has 2 aromatic heterocycles. The van der Waals surface area contributed by atoms with E-state index in [0.717, 1.165) is 24.1 Å². The summed E-state index contributed by atoms with van der Waals surface area (Å²) in [6, 6.07) is 24.7. The summed E-state index contributed by atoms with van der Waals surface area (Å²) in [5, 5.41) is 0. The van der Waals surface area contributed by atoms with Crippen molar-refractivity contribution in [2.24, 2.45) is 0 Å². The number of rotatable bonds is 7. The van der Waals surface area contributed by atoms with Crippen LogP contribution in [0.5, 0.6) is 0 Å². The fourth-order valence-corrected chi connectivity index (χ4v) is 3.92. The summed E-state index contributed by atoms with van der Waals surface area (Å²) < 4.78 is 0. The largest absolute Gasteiger partial charge is 0.338 e. The highest BCUT2D eigenvalue weighted by Gasteiger charge is 2.22. The van der Waals surface area contributed by atoms with Gasteiger partial charge in [-0.05, 0) is 62.1 Å². The van der Waals surface area contributed by atoms with Crippen LogP contribution in [0.4, 0.5) is 0 Å². The smallest absolute Gasteiger partial charge is 0.255 e. The number of likely N-dealkylation sites (N-methyl/N-ethyl adjacent to an activating group) is 1. The van der Waals surface area contributed by atoms with Gasteiger partial charge in [0.25, 0.3) is 5.91 Å². The first-order valence-corrected chi connectivity index (χ1v) is 11.2. The topological polar surface area (TPSA) is 46.1 Å². The Kier molecular flexibility index (Phi) is 6.94. The minimum absolute atomic E-state index is 0.0204. The Labute approximate surface area is 196 Å². The molecule has 0 saturated carbocycles. The number of hydrogen-bond donors (Lipinski definition) is 0. The standard InChI is InChI=1S/C29H29N3O/c1-21-4-8-23(9-5-21)18-27(19-24-10-6-22(2)7-11-24)32(3)29(33)26-12-13-28(31-20-26)25-14-16-30-17-15-25/h4-17,20,27H,18-19H2,1-3H3. The number of carbonyl (C=O) groups excluding carboxylic acids is 1. The van der Waals surface area contributed by atoms with Crippen molar-refractivity contribution in [3.8, 4) is 11.3 Å². The van der Waals surface area contributed by atoms with E-state index in [1.807, 2.05) is 36.2 Å². The Hall–Kier alpha value is -3.79. The van der Waals surface area contributed by atoms with Crippen LogP contribution in [0.1, 0.15) is 32.6 Å². The molecule has 2 aromatic carbocycles. The highest BCUT2D eigenvalue weighted by Crippen LogP contribution is 2.19. The summed E-state index contributed by atoms with van der Waals surface area (Å²) in [7, 11) is 1.89. The van der Waals surface area contributed by atoms with E-state index in [4.69, 9.17) is 0 Å². The first-order chi connectivity index (χ1) is 16.0. The van der Waals surface area contributed by atoms with E-state index in [0.29, 0.717) is 5.56 Å². The van der Waals surface area contributed by atoms with Gasteiger partial charge in [-0.2, -0.15) is 0 Å². The van der Waals surface area contributed by atoms with E-state index in [1.165, 1.54) is 22.3 Å². The van der Waals surface area contributed by atoms with Crippen LogP contribution in [0, 0.1) is 13.8 Å². The van der Waals surface area contributed by atoms with E-state index >= 15 is 0 Å². The third-order valence-corrected chi connectivity index (χ3v) is 6.04. The first-order valence-electron chi connectivity index (χ1n) is 11.2. The predicted octanol–water partition coefficient (Wildman–Crippen LogP) is 5.69. The van der Waals surface area contributed by atoms with Gasteiger partial charge in [0.1, 0.15) is 0 Å². The van der Waals surface area contributed by atoms with Gasteiger partial charge in [0.15, 0.2) is 0 Å².